The Bertz CT molecular complexity index is 860. The largest absolute Gasteiger partial charge is 0.491 e. The van der Waals surface area contributed by atoms with Crippen molar-refractivity contribution in [2.45, 2.75) is 76.0 Å². The molecule has 1 atom stereocenters. The third kappa shape index (κ3) is 7.20. The minimum Gasteiger partial charge on any atom is -0.491 e. The van der Waals surface area contributed by atoms with Crippen LogP contribution in [-0.4, -0.2) is 52.6 Å². The highest BCUT2D eigenvalue weighted by molar-refractivity contribution is 5.28. The average molecular weight is 454 g/mol. The van der Waals surface area contributed by atoms with Gasteiger partial charge in [0.15, 0.2) is 0 Å². The molecule has 2 aliphatic rings. The summed E-state index contributed by atoms with van der Waals surface area (Å²) in [5.41, 5.74) is 0.993. The smallest absolute Gasteiger partial charge is 0.119 e. The number of ether oxygens (including phenoxy) is 2. The monoisotopic (exact) mass is 453 g/mol. The molecule has 5 heteroatoms. The molecular weight excluding hydrogens is 414 g/mol. The summed E-state index contributed by atoms with van der Waals surface area (Å²) in [6.07, 6.45) is 7.47. The average Bonchev–Trinajstić information content (AvgIpc) is 3.00. The summed E-state index contributed by atoms with van der Waals surface area (Å²) in [6.45, 7) is 5.44. The summed E-state index contributed by atoms with van der Waals surface area (Å²) in [4.78, 5) is 2.41. The van der Waals surface area contributed by atoms with E-state index in [2.05, 4.69) is 24.0 Å². The number of hydrogen-bond acceptors (Lipinski definition) is 5. The van der Waals surface area contributed by atoms with Crippen LogP contribution in [0.1, 0.15) is 62.5 Å². The lowest BCUT2D eigenvalue weighted by atomic mass is 9.85. The quantitative estimate of drug-likeness (QED) is 0.597. The number of benzene rings is 2. The summed E-state index contributed by atoms with van der Waals surface area (Å²) in [5, 5.41) is 21.7. The van der Waals surface area contributed by atoms with E-state index < -0.39 is 11.2 Å². The van der Waals surface area contributed by atoms with Crippen LogP contribution in [0.2, 0.25) is 0 Å². The van der Waals surface area contributed by atoms with Crippen molar-refractivity contribution in [1.82, 2.24) is 4.90 Å². The van der Waals surface area contributed by atoms with Crippen molar-refractivity contribution in [2.24, 2.45) is 0 Å². The summed E-state index contributed by atoms with van der Waals surface area (Å²) in [6, 6.07) is 16.2. The van der Waals surface area contributed by atoms with E-state index in [9.17, 15) is 10.2 Å². The fraction of sp³-hybridized carbons (Fsp3) is 0.571. The molecule has 0 amide bonds. The standard InChI is InChI=1S/C28H39NO4/c1-23-6-10-25(11-7-23)33-22-28(31)16-5-18-29(19-17-28)20-24-8-12-26(13-9-24)32-21-27(30)14-3-2-4-15-27/h6-13,30-31H,2-5,14-22H2,1H3/t28-/m1/s1. The molecule has 2 aromatic rings. The van der Waals surface area contributed by atoms with Gasteiger partial charge in [-0.2, -0.15) is 0 Å². The molecule has 180 valence electrons. The number of hydrogen-bond donors (Lipinski definition) is 2. The Kier molecular flexibility index (Phi) is 7.94. The van der Waals surface area contributed by atoms with E-state index in [0.717, 1.165) is 69.7 Å². The molecule has 33 heavy (non-hydrogen) atoms. The van der Waals surface area contributed by atoms with E-state index in [0.29, 0.717) is 19.6 Å². The first-order valence-corrected chi connectivity index (χ1v) is 12.5. The molecule has 2 aromatic carbocycles. The van der Waals surface area contributed by atoms with Crippen LogP contribution in [0.3, 0.4) is 0 Å². The van der Waals surface area contributed by atoms with Crippen LogP contribution in [0.15, 0.2) is 48.5 Å². The Labute approximate surface area is 198 Å². The zero-order valence-electron chi connectivity index (χ0n) is 20.0. The lowest BCUT2D eigenvalue weighted by Crippen LogP contribution is -2.37. The van der Waals surface area contributed by atoms with Crippen molar-refractivity contribution >= 4 is 0 Å². The fourth-order valence-electron chi connectivity index (χ4n) is 4.91. The maximum atomic E-state index is 11.1. The van der Waals surface area contributed by atoms with Gasteiger partial charge in [0.1, 0.15) is 24.7 Å². The van der Waals surface area contributed by atoms with Crippen molar-refractivity contribution in [3.05, 3.63) is 59.7 Å². The molecule has 1 saturated heterocycles. The van der Waals surface area contributed by atoms with Gasteiger partial charge in [-0.3, -0.25) is 4.90 Å². The van der Waals surface area contributed by atoms with Gasteiger partial charge < -0.3 is 19.7 Å². The van der Waals surface area contributed by atoms with Gasteiger partial charge in [0, 0.05) is 13.1 Å². The molecule has 4 rings (SSSR count). The molecular formula is C28H39NO4. The molecule has 2 fully saturated rings. The van der Waals surface area contributed by atoms with E-state index in [4.69, 9.17) is 9.47 Å². The second kappa shape index (κ2) is 10.9. The van der Waals surface area contributed by atoms with Crippen LogP contribution in [-0.2, 0) is 6.54 Å². The first kappa shape index (κ1) is 24.1. The van der Waals surface area contributed by atoms with Crippen LogP contribution in [0.4, 0.5) is 0 Å². The highest BCUT2D eigenvalue weighted by atomic mass is 16.5. The number of aliphatic hydroxyl groups is 2. The second-order valence-corrected chi connectivity index (χ2v) is 10.2. The summed E-state index contributed by atoms with van der Waals surface area (Å²) >= 11 is 0. The van der Waals surface area contributed by atoms with Gasteiger partial charge in [0.2, 0.25) is 0 Å². The first-order valence-electron chi connectivity index (χ1n) is 12.5. The molecule has 1 saturated carbocycles. The lowest BCUT2D eigenvalue weighted by molar-refractivity contribution is -0.0339. The number of nitrogens with zero attached hydrogens (tertiary/aromatic N) is 1. The highest BCUT2D eigenvalue weighted by Crippen LogP contribution is 2.29. The fourth-order valence-corrected chi connectivity index (χ4v) is 4.91. The van der Waals surface area contributed by atoms with Crippen molar-refractivity contribution in [2.75, 3.05) is 26.3 Å². The molecule has 1 aliphatic carbocycles. The Morgan fingerprint density at radius 1 is 0.697 bits per heavy atom. The third-order valence-corrected chi connectivity index (χ3v) is 7.16. The van der Waals surface area contributed by atoms with Gasteiger partial charge in [-0.15, -0.1) is 0 Å². The predicted octanol–water partition coefficient (Wildman–Crippen LogP) is 4.87. The van der Waals surface area contributed by atoms with E-state index in [-0.39, 0.29) is 0 Å². The second-order valence-electron chi connectivity index (χ2n) is 10.2. The van der Waals surface area contributed by atoms with Crippen LogP contribution in [0.25, 0.3) is 0 Å². The Morgan fingerprint density at radius 2 is 1.24 bits per heavy atom. The first-order chi connectivity index (χ1) is 15.9. The van der Waals surface area contributed by atoms with Gasteiger partial charge in [-0.1, -0.05) is 49.1 Å². The van der Waals surface area contributed by atoms with Gasteiger partial charge in [0.05, 0.1) is 11.2 Å². The summed E-state index contributed by atoms with van der Waals surface area (Å²) in [7, 11) is 0. The van der Waals surface area contributed by atoms with Crippen LogP contribution in [0, 0.1) is 6.92 Å². The number of aryl methyl sites for hydroxylation is 1. The van der Waals surface area contributed by atoms with Gasteiger partial charge in [-0.25, -0.2) is 0 Å². The highest BCUT2D eigenvalue weighted by Gasteiger charge is 2.31. The zero-order chi connectivity index (χ0) is 23.2. The van der Waals surface area contributed by atoms with Gasteiger partial charge in [-0.05, 0) is 75.4 Å². The maximum absolute atomic E-state index is 11.1. The third-order valence-electron chi connectivity index (χ3n) is 7.16. The minimum atomic E-state index is -0.781. The molecule has 0 aromatic heterocycles. The van der Waals surface area contributed by atoms with E-state index in [1.54, 1.807) is 0 Å². The predicted molar refractivity (Wildman–Crippen MR) is 131 cm³/mol. The van der Waals surface area contributed by atoms with E-state index >= 15 is 0 Å². The molecule has 2 N–H and O–H groups in total. The van der Waals surface area contributed by atoms with Gasteiger partial charge >= 0.3 is 0 Å². The van der Waals surface area contributed by atoms with Crippen molar-refractivity contribution in [1.29, 1.82) is 0 Å². The SMILES string of the molecule is Cc1ccc(OC[C@@]2(O)CCCN(Cc3ccc(OCC4(O)CCCCC4)cc3)CC2)cc1. The minimum absolute atomic E-state index is 0.336. The van der Waals surface area contributed by atoms with Crippen molar-refractivity contribution in [3.63, 3.8) is 0 Å². The molecule has 0 radical (unpaired) electrons. The van der Waals surface area contributed by atoms with Crippen LogP contribution in [0.5, 0.6) is 11.5 Å². The van der Waals surface area contributed by atoms with Gasteiger partial charge in [0.25, 0.3) is 0 Å². The molecule has 0 unspecified atom stereocenters. The molecule has 5 nitrogen and oxygen atoms in total. The lowest BCUT2D eigenvalue weighted by Gasteiger charge is -2.31. The normalized spacial score (nSPS) is 23.6. The summed E-state index contributed by atoms with van der Waals surface area (Å²) in [5.74, 6) is 1.63. The number of rotatable bonds is 8. The Hall–Kier alpha value is -2.08. The van der Waals surface area contributed by atoms with E-state index in [1.807, 2.05) is 36.4 Å². The van der Waals surface area contributed by atoms with E-state index in [1.165, 1.54) is 17.5 Å². The van der Waals surface area contributed by atoms with Crippen molar-refractivity contribution < 1.29 is 19.7 Å². The topological polar surface area (TPSA) is 62.2 Å². The molecule has 1 aliphatic heterocycles. The Balaban J connectivity index is 1.23. The van der Waals surface area contributed by atoms with Crippen molar-refractivity contribution in [3.8, 4) is 11.5 Å². The van der Waals surface area contributed by atoms with Crippen LogP contribution < -0.4 is 9.47 Å². The summed E-state index contributed by atoms with van der Waals surface area (Å²) < 4.78 is 11.8. The molecule has 1 heterocycles. The van der Waals surface area contributed by atoms with Crippen LogP contribution >= 0.6 is 0 Å². The molecule has 0 spiro atoms. The maximum Gasteiger partial charge on any atom is 0.119 e. The Morgan fingerprint density at radius 3 is 1.88 bits per heavy atom. The molecule has 0 bridgehead atoms. The zero-order valence-corrected chi connectivity index (χ0v) is 20.0. The number of likely N-dealkylation sites (tertiary alicyclic amines) is 1.